The van der Waals surface area contributed by atoms with E-state index in [2.05, 4.69) is 10.0 Å². The van der Waals surface area contributed by atoms with Crippen molar-refractivity contribution in [2.24, 2.45) is 5.73 Å². The second kappa shape index (κ2) is 9.85. The van der Waals surface area contributed by atoms with E-state index >= 15 is 0 Å². The normalized spacial score (nSPS) is 12.8. The molecular formula is C18H22ClN3O5S. The minimum absolute atomic E-state index is 0. The van der Waals surface area contributed by atoms with Gasteiger partial charge in [-0.2, -0.15) is 0 Å². The number of fused-ring (bicyclic) bond motifs is 1. The molecule has 1 aliphatic heterocycles. The second-order valence-corrected chi connectivity index (χ2v) is 7.72. The predicted molar refractivity (Wildman–Crippen MR) is 107 cm³/mol. The van der Waals surface area contributed by atoms with Gasteiger partial charge < -0.3 is 20.5 Å². The Morgan fingerprint density at radius 3 is 2.54 bits per heavy atom. The third kappa shape index (κ3) is 5.66. The molecule has 0 spiro atoms. The van der Waals surface area contributed by atoms with Crippen LogP contribution in [0.4, 0.5) is 5.69 Å². The van der Waals surface area contributed by atoms with E-state index in [0.717, 1.165) is 11.1 Å². The maximum atomic E-state index is 12.4. The van der Waals surface area contributed by atoms with Crippen molar-refractivity contribution in [3.8, 4) is 5.75 Å². The Balaban J connectivity index is 0.00000280. The molecule has 152 valence electrons. The molecule has 2 aromatic rings. The van der Waals surface area contributed by atoms with Crippen molar-refractivity contribution in [2.45, 2.75) is 18.1 Å². The van der Waals surface area contributed by atoms with Gasteiger partial charge in [-0.1, -0.05) is 6.07 Å². The number of nitrogens with one attached hydrogen (secondary N) is 2. The standard InChI is InChI=1S/C18H21N3O5S.ClH/c19-7-8-26-16-4-2-15(3-5-16)21-18(22)10-20-27(23,24)17-6-1-13-11-25-12-14(13)9-17;/h1-6,9,20H,7-8,10-12,19H2,(H,21,22);1H. The lowest BCUT2D eigenvalue weighted by atomic mass is 10.1. The number of hydrogen-bond acceptors (Lipinski definition) is 6. The van der Waals surface area contributed by atoms with Crippen molar-refractivity contribution in [1.29, 1.82) is 0 Å². The summed E-state index contributed by atoms with van der Waals surface area (Å²) in [6.45, 7) is 1.32. The van der Waals surface area contributed by atoms with E-state index in [1.807, 2.05) is 0 Å². The van der Waals surface area contributed by atoms with Gasteiger partial charge in [0.1, 0.15) is 12.4 Å². The van der Waals surface area contributed by atoms with Crippen molar-refractivity contribution in [3.63, 3.8) is 0 Å². The topological polar surface area (TPSA) is 120 Å². The first-order valence-corrected chi connectivity index (χ1v) is 9.88. The average Bonchev–Trinajstić information content (AvgIpc) is 3.14. The van der Waals surface area contributed by atoms with Crippen LogP contribution in [0.25, 0.3) is 0 Å². The van der Waals surface area contributed by atoms with E-state index < -0.39 is 15.9 Å². The Morgan fingerprint density at radius 1 is 1.11 bits per heavy atom. The van der Waals surface area contributed by atoms with Crippen molar-refractivity contribution >= 4 is 34.0 Å². The molecule has 0 unspecified atom stereocenters. The third-order valence-electron chi connectivity index (χ3n) is 3.95. The van der Waals surface area contributed by atoms with Gasteiger partial charge in [-0.15, -0.1) is 12.4 Å². The first-order valence-electron chi connectivity index (χ1n) is 8.40. The molecule has 0 aliphatic carbocycles. The molecular weight excluding hydrogens is 406 g/mol. The number of carbonyl (C=O) groups excluding carboxylic acids is 1. The molecule has 0 bridgehead atoms. The number of amides is 1. The molecule has 1 amide bonds. The van der Waals surface area contributed by atoms with E-state index in [4.69, 9.17) is 15.2 Å². The smallest absolute Gasteiger partial charge is 0.241 e. The Kier molecular flexibility index (Phi) is 7.78. The van der Waals surface area contributed by atoms with Crippen LogP contribution in [0.15, 0.2) is 47.4 Å². The summed E-state index contributed by atoms with van der Waals surface area (Å²) in [5.74, 6) is 0.165. The van der Waals surface area contributed by atoms with Gasteiger partial charge >= 0.3 is 0 Å². The van der Waals surface area contributed by atoms with E-state index in [0.29, 0.717) is 37.8 Å². The van der Waals surface area contributed by atoms with Crippen molar-refractivity contribution in [3.05, 3.63) is 53.6 Å². The fourth-order valence-corrected chi connectivity index (χ4v) is 3.61. The number of carbonyl (C=O) groups is 1. The highest BCUT2D eigenvalue weighted by atomic mass is 35.5. The molecule has 3 rings (SSSR count). The lowest BCUT2D eigenvalue weighted by Crippen LogP contribution is -2.33. The Labute approximate surface area is 169 Å². The first kappa shape index (κ1) is 22.1. The molecule has 0 aromatic heterocycles. The third-order valence-corrected chi connectivity index (χ3v) is 5.35. The minimum atomic E-state index is -3.78. The van der Waals surface area contributed by atoms with Gasteiger partial charge in [-0.05, 0) is 47.5 Å². The van der Waals surface area contributed by atoms with Gasteiger partial charge in [-0.25, -0.2) is 13.1 Å². The van der Waals surface area contributed by atoms with Gasteiger partial charge in [0.05, 0.1) is 24.7 Å². The lowest BCUT2D eigenvalue weighted by molar-refractivity contribution is -0.115. The number of sulfonamides is 1. The minimum Gasteiger partial charge on any atom is -0.492 e. The molecule has 0 radical (unpaired) electrons. The highest BCUT2D eigenvalue weighted by Gasteiger charge is 2.19. The van der Waals surface area contributed by atoms with E-state index in [1.165, 1.54) is 6.07 Å². The summed E-state index contributed by atoms with van der Waals surface area (Å²) >= 11 is 0. The number of nitrogens with two attached hydrogens (primary N) is 1. The Bertz CT molecular complexity index is 919. The summed E-state index contributed by atoms with van der Waals surface area (Å²) in [5.41, 5.74) is 7.72. The fraction of sp³-hybridized carbons (Fsp3) is 0.278. The zero-order valence-electron chi connectivity index (χ0n) is 15.0. The first-order chi connectivity index (χ1) is 13.0. The molecule has 8 nitrogen and oxygen atoms in total. The summed E-state index contributed by atoms with van der Waals surface area (Å²) in [5, 5.41) is 2.62. The number of anilines is 1. The number of ether oxygens (including phenoxy) is 2. The molecule has 10 heteroatoms. The molecule has 4 N–H and O–H groups in total. The molecule has 0 atom stereocenters. The van der Waals surface area contributed by atoms with E-state index in [-0.39, 0.29) is 23.8 Å². The maximum Gasteiger partial charge on any atom is 0.241 e. The van der Waals surface area contributed by atoms with Crippen LogP contribution in [0, 0.1) is 0 Å². The van der Waals surface area contributed by atoms with Crippen molar-refractivity contribution < 1.29 is 22.7 Å². The highest BCUT2D eigenvalue weighted by molar-refractivity contribution is 7.89. The zero-order valence-corrected chi connectivity index (χ0v) is 16.6. The van der Waals surface area contributed by atoms with Crippen LogP contribution in [0.2, 0.25) is 0 Å². The molecule has 0 saturated heterocycles. The monoisotopic (exact) mass is 427 g/mol. The van der Waals surface area contributed by atoms with Gasteiger partial charge in [0, 0.05) is 12.2 Å². The summed E-state index contributed by atoms with van der Waals surface area (Å²) in [7, 11) is -3.78. The van der Waals surface area contributed by atoms with Crippen LogP contribution in [0.1, 0.15) is 11.1 Å². The van der Waals surface area contributed by atoms with E-state index in [1.54, 1.807) is 36.4 Å². The van der Waals surface area contributed by atoms with Gasteiger partial charge in [0.2, 0.25) is 15.9 Å². The van der Waals surface area contributed by atoms with Gasteiger partial charge in [0.15, 0.2) is 0 Å². The van der Waals surface area contributed by atoms with E-state index in [9.17, 15) is 13.2 Å². The van der Waals surface area contributed by atoms with Crippen molar-refractivity contribution in [2.75, 3.05) is 25.0 Å². The molecule has 2 aromatic carbocycles. The Hall–Kier alpha value is -2.17. The van der Waals surface area contributed by atoms with Gasteiger partial charge in [0.25, 0.3) is 0 Å². The maximum absolute atomic E-state index is 12.4. The van der Waals surface area contributed by atoms with Crippen LogP contribution >= 0.6 is 12.4 Å². The fourth-order valence-electron chi connectivity index (χ4n) is 2.58. The largest absolute Gasteiger partial charge is 0.492 e. The number of rotatable bonds is 8. The summed E-state index contributed by atoms with van der Waals surface area (Å²) in [6.07, 6.45) is 0. The number of benzene rings is 2. The highest BCUT2D eigenvalue weighted by Crippen LogP contribution is 2.23. The zero-order chi connectivity index (χ0) is 19.3. The second-order valence-electron chi connectivity index (χ2n) is 5.96. The summed E-state index contributed by atoms with van der Waals surface area (Å²) in [6, 6.07) is 11.5. The summed E-state index contributed by atoms with van der Waals surface area (Å²) < 4.78 is 37.7. The number of hydrogen-bond donors (Lipinski definition) is 3. The lowest BCUT2D eigenvalue weighted by Gasteiger charge is -2.10. The molecule has 0 saturated carbocycles. The molecule has 0 fully saturated rings. The quantitative estimate of drug-likeness (QED) is 0.585. The van der Waals surface area contributed by atoms with Crippen LogP contribution in [-0.4, -0.2) is 34.0 Å². The van der Waals surface area contributed by atoms with Gasteiger partial charge in [-0.3, -0.25) is 4.79 Å². The molecule has 1 aliphatic rings. The van der Waals surface area contributed by atoms with Crippen LogP contribution in [0.5, 0.6) is 5.75 Å². The Morgan fingerprint density at radius 2 is 1.82 bits per heavy atom. The molecule has 1 heterocycles. The molecule has 28 heavy (non-hydrogen) atoms. The van der Waals surface area contributed by atoms with Crippen LogP contribution < -0.4 is 20.5 Å². The predicted octanol–water partition coefficient (Wildman–Crippen LogP) is 1.39. The van der Waals surface area contributed by atoms with Crippen LogP contribution in [0.3, 0.4) is 0 Å². The average molecular weight is 428 g/mol. The number of halogens is 1. The van der Waals surface area contributed by atoms with Crippen molar-refractivity contribution in [1.82, 2.24) is 4.72 Å². The van der Waals surface area contributed by atoms with Crippen LogP contribution in [-0.2, 0) is 32.8 Å². The SMILES string of the molecule is Cl.NCCOc1ccc(NC(=O)CNS(=O)(=O)c2ccc3c(c2)COC3)cc1. The summed E-state index contributed by atoms with van der Waals surface area (Å²) in [4.78, 5) is 12.1.